The fourth-order valence-corrected chi connectivity index (χ4v) is 5.21. The summed E-state index contributed by atoms with van der Waals surface area (Å²) in [7, 11) is 1.97. The molecule has 1 N–H and O–H groups in total. The number of hydrogen-bond acceptors (Lipinski definition) is 4. The van der Waals surface area contributed by atoms with E-state index in [1.165, 1.54) is 5.56 Å². The maximum Gasteiger partial charge on any atom is 0.253 e. The summed E-state index contributed by atoms with van der Waals surface area (Å²) in [6.45, 7) is 5.12. The van der Waals surface area contributed by atoms with Gasteiger partial charge >= 0.3 is 0 Å². The van der Waals surface area contributed by atoms with Crippen LogP contribution in [-0.4, -0.2) is 44.9 Å². The fourth-order valence-electron chi connectivity index (χ4n) is 5.21. The minimum Gasteiger partial charge on any atom is -0.482 e. The summed E-state index contributed by atoms with van der Waals surface area (Å²) in [5, 5.41) is 14.1. The molecule has 3 heterocycles. The second-order valence-corrected chi connectivity index (χ2v) is 9.44. The Kier molecular flexibility index (Phi) is 5.49. The zero-order valence-corrected chi connectivity index (χ0v) is 19.5. The number of nitrogens with zero attached hydrogens (tertiary/aromatic N) is 3. The summed E-state index contributed by atoms with van der Waals surface area (Å²) in [4.78, 5) is 15.2. The first-order chi connectivity index (χ1) is 15.9. The third-order valence-electron chi connectivity index (χ3n) is 7.16. The fraction of sp³-hybridized carbons (Fsp3) is 0.407. The smallest absolute Gasteiger partial charge is 0.253 e. The number of likely N-dealkylation sites (tertiary alicyclic amines) is 1. The zero-order valence-electron chi connectivity index (χ0n) is 19.5. The van der Waals surface area contributed by atoms with Crippen LogP contribution in [-0.2, 0) is 19.1 Å². The van der Waals surface area contributed by atoms with Crippen LogP contribution in [0.2, 0.25) is 0 Å². The van der Waals surface area contributed by atoms with Gasteiger partial charge in [-0.05, 0) is 62.1 Å². The molecular weight excluding hydrogens is 414 g/mol. The van der Waals surface area contributed by atoms with Crippen LogP contribution in [0.1, 0.15) is 53.2 Å². The molecule has 2 aliphatic rings. The molecule has 0 bridgehead atoms. The van der Waals surface area contributed by atoms with Gasteiger partial charge in [0.05, 0.1) is 18.0 Å². The summed E-state index contributed by atoms with van der Waals surface area (Å²) in [5.41, 5.74) is 5.86. The zero-order chi connectivity index (χ0) is 23.2. The Morgan fingerprint density at radius 2 is 1.97 bits per heavy atom. The summed E-state index contributed by atoms with van der Waals surface area (Å²) >= 11 is 0. The van der Waals surface area contributed by atoms with Crippen LogP contribution in [0.15, 0.2) is 48.7 Å². The standard InChI is InChI=1S/C27H31N3O3/c1-18-16-21(11-10-20(18)9-8-19(2)31)26(32)30-14-12-27(13-15-30)23-17-28-29(3)25(23)22-6-4-5-7-24(22)33-27/h4-7,10-11,16-17,19,31H,8-9,12-15H2,1-3H3. The molecule has 2 aliphatic heterocycles. The number of amides is 1. The van der Waals surface area contributed by atoms with E-state index < -0.39 is 5.60 Å². The Labute approximate surface area is 194 Å². The van der Waals surface area contributed by atoms with Crippen molar-refractivity contribution in [1.82, 2.24) is 14.7 Å². The van der Waals surface area contributed by atoms with Crippen molar-refractivity contribution in [1.29, 1.82) is 0 Å². The Bertz CT molecular complexity index is 1190. The Morgan fingerprint density at radius 3 is 2.70 bits per heavy atom. The molecule has 0 aliphatic carbocycles. The number of hydrogen-bond donors (Lipinski definition) is 1. The molecule has 3 aromatic rings. The van der Waals surface area contributed by atoms with E-state index in [0.29, 0.717) is 13.1 Å². The number of fused-ring (bicyclic) bond motifs is 4. The van der Waals surface area contributed by atoms with E-state index in [1.807, 2.05) is 66.1 Å². The third kappa shape index (κ3) is 3.82. The van der Waals surface area contributed by atoms with Gasteiger partial charge in [-0.2, -0.15) is 5.10 Å². The maximum atomic E-state index is 13.3. The lowest BCUT2D eigenvalue weighted by molar-refractivity contribution is -0.00172. The number of carbonyl (C=O) groups is 1. The number of aromatic nitrogens is 2. The first-order valence-electron chi connectivity index (χ1n) is 11.8. The predicted octanol–water partition coefficient (Wildman–Crippen LogP) is 4.23. The molecule has 5 rings (SSSR count). The molecule has 1 unspecified atom stereocenters. The summed E-state index contributed by atoms with van der Waals surface area (Å²) in [6, 6.07) is 14.1. The van der Waals surface area contributed by atoms with Gasteiger partial charge in [-0.25, -0.2) is 0 Å². The quantitative estimate of drug-likeness (QED) is 0.653. The van der Waals surface area contributed by atoms with Crippen molar-refractivity contribution in [2.75, 3.05) is 13.1 Å². The van der Waals surface area contributed by atoms with Crippen LogP contribution >= 0.6 is 0 Å². The summed E-state index contributed by atoms with van der Waals surface area (Å²) < 4.78 is 8.53. The molecule has 1 spiro atoms. The highest BCUT2D eigenvalue weighted by molar-refractivity contribution is 5.94. The van der Waals surface area contributed by atoms with Gasteiger partial charge in [-0.1, -0.05) is 18.2 Å². The molecule has 1 aromatic heterocycles. The number of para-hydroxylation sites is 1. The van der Waals surface area contributed by atoms with Crippen LogP contribution in [0.4, 0.5) is 0 Å². The molecular formula is C27H31N3O3. The van der Waals surface area contributed by atoms with Crippen LogP contribution in [0.25, 0.3) is 11.3 Å². The van der Waals surface area contributed by atoms with Crippen molar-refractivity contribution in [2.24, 2.45) is 7.05 Å². The van der Waals surface area contributed by atoms with Crippen molar-refractivity contribution in [2.45, 2.75) is 51.2 Å². The highest BCUT2D eigenvalue weighted by Gasteiger charge is 2.45. The second-order valence-electron chi connectivity index (χ2n) is 9.44. The number of rotatable bonds is 4. The molecule has 1 fully saturated rings. The van der Waals surface area contributed by atoms with Gasteiger partial charge in [0.15, 0.2) is 0 Å². The van der Waals surface area contributed by atoms with Crippen LogP contribution in [0, 0.1) is 6.92 Å². The van der Waals surface area contributed by atoms with Crippen molar-refractivity contribution in [3.63, 3.8) is 0 Å². The molecule has 33 heavy (non-hydrogen) atoms. The third-order valence-corrected chi connectivity index (χ3v) is 7.16. The number of benzene rings is 2. The number of aliphatic hydroxyl groups is 1. The molecule has 172 valence electrons. The molecule has 6 nitrogen and oxygen atoms in total. The second kappa shape index (κ2) is 8.34. The van der Waals surface area contributed by atoms with Crippen molar-refractivity contribution >= 4 is 5.91 Å². The molecule has 0 saturated carbocycles. The van der Waals surface area contributed by atoms with E-state index in [1.54, 1.807) is 6.92 Å². The van der Waals surface area contributed by atoms with E-state index in [4.69, 9.17) is 4.74 Å². The Morgan fingerprint density at radius 1 is 1.21 bits per heavy atom. The lowest BCUT2D eigenvalue weighted by Crippen LogP contribution is -2.49. The van der Waals surface area contributed by atoms with Crippen LogP contribution in [0.3, 0.4) is 0 Å². The average molecular weight is 446 g/mol. The molecule has 6 heteroatoms. The Hall–Kier alpha value is -3.12. The van der Waals surface area contributed by atoms with Gasteiger partial charge in [0.25, 0.3) is 5.91 Å². The number of aryl methyl sites for hydroxylation is 3. The number of piperidine rings is 1. The van der Waals surface area contributed by atoms with Crippen LogP contribution in [0.5, 0.6) is 5.75 Å². The van der Waals surface area contributed by atoms with Gasteiger partial charge in [0, 0.05) is 49.7 Å². The highest BCUT2D eigenvalue weighted by atomic mass is 16.5. The van der Waals surface area contributed by atoms with E-state index in [9.17, 15) is 9.90 Å². The molecule has 1 amide bonds. The minimum atomic E-state index is -0.449. The lowest BCUT2D eigenvalue weighted by atomic mass is 9.81. The van der Waals surface area contributed by atoms with Gasteiger partial charge in [0.1, 0.15) is 11.4 Å². The predicted molar refractivity (Wildman–Crippen MR) is 127 cm³/mol. The van der Waals surface area contributed by atoms with E-state index in [-0.39, 0.29) is 12.0 Å². The van der Waals surface area contributed by atoms with E-state index in [2.05, 4.69) is 11.2 Å². The first-order valence-corrected chi connectivity index (χ1v) is 11.8. The largest absolute Gasteiger partial charge is 0.482 e. The highest BCUT2D eigenvalue weighted by Crippen LogP contribution is 2.49. The maximum absolute atomic E-state index is 13.3. The normalized spacial score (nSPS) is 17.3. The molecule has 1 atom stereocenters. The first kappa shape index (κ1) is 21.7. The average Bonchev–Trinajstić information content (AvgIpc) is 3.21. The summed E-state index contributed by atoms with van der Waals surface area (Å²) in [6.07, 6.45) is 4.62. The topological polar surface area (TPSA) is 67.6 Å². The Balaban J connectivity index is 1.33. The number of carbonyl (C=O) groups excluding carboxylic acids is 1. The van der Waals surface area contributed by atoms with Crippen molar-refractivity contribution in [3.05, 3.63) is 70.9 Å². The minimum absolute atomic E-state index is 0.0673. The van der Waals surface area contributed by atoms with Crippen LogP contribution < -0.4 is 4.74 Å². The van der Waals surface area contributed by atoms with Gasteiger partial charge in [-0.15, -0.1) is 0 Å². The molecule has 1 saturated heterocycles. The molecule has 2 aromatic carbocycles. The van der Waals surface area contributed by atoms with Crippen molar-refractivity contribution in [3.8, 4) is 17.0 Å². The van der Waals surface area contributed by atoms with E-state index >= 15 is 0 Å². The van der Waals surface area contributed by atoms with Gasteiger partial charge in [-0.3, -0.25) is 9.48 Å². The SMILES string of the molecule is Cc1cc(C(=O)N2CCC3(CC2)Oc2ccccc2-c2c3cnn2C)ccc1CCC(C)O. The monoisotopic (exact) mass is 445 g/mol. The number of ether oxygens (including phenoxy) is 1. The summed E-state index contributed by atoms with van der Waals surface area (Å²) in [5.74, 6) is 0.953. The number of aliphatic hydroxyl groups excluding tert-OH is 1. The van der Waals surface area contributed by atoms with Gasteiger partial charge < -0.3 is 14.7 Å². The van der Waals surface area contributed by atoms with Crippen molar-refractivity contribution < 1.29 is 14.6 Å². The lowest BCUT2D eigenvalue weighted by Gasteiger charge is -2.44. The van der Waals surface area contributed by atoms with E-state index in [0.717, 1.165) is 59.4 Å². The molecule has 0 radical (unpaired) electrons. The van der Waals surface area contributed by atoms with Gasteiger partial charge in [0.2, 0.25) is 0 Å².